The first-order valence-electron chi connectivity index (χ1n) is 5.97. The molecule has 2 aromatic heterocycles. The molecule has 0 saturated carbocycles. The zero-order valence-corrected chi connectivity index (χ0v) is 11.7. The number of aromatic nitrogens is 3. The van der Waals surface area contributed by atoms with E-state index in [0.717, 1.165) is 22.6 Å². The fourth-order valence-electron chi connectivity index (χ4n) is 1.94. The Balaban J connectivity index is 2.83. The number of hydrogen-bond acceptors (Lipinski definition) is 2. The minimum atomic E-state index is 0.302. The number of fused-ring (bicyclic) bond motifs is 1. The van der Waals surface area contributed by atoms with Crippen molar-refractivity contribution in [2.75, 3.05) is 0 Å². The van der Waals surface area contributed by atoms with Crippen LogP contribution in [0.3, 0.4) is 0 Å². The van der Waals surface area contributed by atoms with Crippen LogP contribution < -0.4 is 0 Å². The summed E-state index contributed by atoms with van der Waals surface area (Å²) in [4.78, 5) is 4.68. The fourth-order valence-corrected chi connectivity index (χ4v) is 2.22. The first-order valence-corrected chi connectivity index (χ1v) is 6.35. The summed E-state index contributed by atoms with van der Waals surface area (Å²) < 4.78 is 1.81. The molecule has 0 N–H and O–H groups in total. The molecule has 2 aromatic rings. The molecule has 0 saturated heterocycles. The van der Waals surface area contributed by atoms with E-state index in [-0.39, 0.29) is 0 Å². The van der Waals surface area contributed by atoms with E-state index in [1.807, 2.05) is 17.5 Å². The molecular weight excluding hydrogens is 234 g/mol. The van der Waals surface area contributed by atoms with Gasteiger partial charge in [0.1, 0.15) is 5.15 Å². The highest BCUT2D eigenvalue weighted by atomic mass is 35.5. The number of aryl methyl sites for hydroxylation is 1. The number of nitrogens with zero attached hydrogens (tertiary/aromatic N) is 3. The Morgan fingerprint density at radius 3 is 2.35 bits per heavy atom. The highest BCUT2D eigenvalue weighted by Crippen LogP contribution is 2.27. The van der Waals surface area contributed by atoms with Crippen LogP contribution >= 0.6 is 11.6 Å². The van der Waals surface area contributed by atoms with Gasteiger partial charge >= 0.3 is 0 Å². The molecule has 2 heterocycles. The second-order valence-electron chi connectivity index (χ2n) is 5.08. The van der Waals surface area contributed by atoms with E-state index in [9.17, 15) is 0 Å². The first-order chi connectivity index (χ1) is 7.91. The molecular formula is C13H18ClN3. The summed E-state index contributed by atoms with van der Waals surface area (Å²) in [6.45, 7) is 10.5. The molecule has 0 amide bonds. The van der Waals surface area contributed by atoms with Gasteiger partial charge in [0, 0.05) is 5.92 Å². The summed E-state index contributed by atoms with van der Waals surface area (Å²) in [6.07, 6.45) is 0. The SMILES string of the molecule is Cc1cc(Cl)n2nc(C(C)C)nc(C(C)C)c12. The maximum absolute atomic E-state index is 6.20. The molecule has 17 heavy (non-hydrogen) atoms. The minimum absolute atomic E-state index is 0.302. The van der Waals surface area contributed by atoms with Gasteiger partial charge in [0.2, 0.25) is 0 Å². The van der Waals surface area contributed by atoms with Gasteiger partial charge in [0.15, 0.2) is 5.82 Å². The largest absolute Gasteiger partial charge is 0.233 e. The Labute approximate surface area is 107 Å². The van der Waals surface area contributed by atoms with Crippen LogP contribution in [0.5, 0.6) is 0 Å². The van der Waals surface area contributed by atoms with Crippen LogP contribution in [-0.4, -0.2) is 14.6 Å². The Bertz CT molecular complexity index is 555. The molecule has 92 valence electrons. The van der Waals surface area contributed by atoms with E-state index in [4.69, 9.17) is 11.6 Å². The lowest BCUT2D eigenvalue weighted by molar-refractivity contribution is 0.686. The summed E-state index contributed by atoms with van der Waals surface area (Å²) in [5.41, 5.74) is 3.26. The summed E-state index contributed by atoms with van der Waals surface area (Å²) in [7, 11) is 0. The van der Waals surface area contributed by atoms with E-state index in [1.165, 1.54) is 0 Å². The zero-order chi connectivity index (χ0) is 12.7. The molecule has 0 aliphatic heterocycles. The van der Waals surface area contributed by atoms with E-state index in [2.05, 4.69) is 37.8 Å². The van der Waals surface area contributed by atoms with Crippen LogP contribution in [0.15, 0.2) is 6.07 Å². The minimum Gasteiger partial charge on any atom is -0.233 e. The van der Waals surface area contributed by atoms with Gasteiger partial charge in [-0.1, -0.05) is 39.3 Å². The third-order valence-electron chi connectivity index (χ3n) is 2.87. The van der Waals surface area contributed by atoms with Gasteiger partial charge < -0.3 is 0 Å². The lowest BCUT2D eigenvalue weighted by Crippen LogP contribution is -2.09. The fraction of sp³-hybridized carbons (Fsp3) is 0.538. The van der Waals surface area contributed by atoms with Crippen molar-refractivity contribution in [1.82, 2.24) is 14.6 Å². The number of rotatable bonds is 2. The molecule has 0 aliphatic carbocycles. The van der Waals surface area contributed by atoms with E-state index < -0.39 is 0 Å². The number of halogens is 1. The van der Waals surface area contributed by atoms with E-state index >= 15 is 0 Å². The van der Waals surface area contributed by atoms with Crippen LogP contribution in [0.2, 0.25) is 5.15 Å². The van der Waals surface area contributed by atoms with Crippen LogP contribution in [0.25, 0.3) is 5.52 Å². The smallest absolute Gasteiger partial charge is 0.152 e. The highest BCUT2D eigenvalue weighted by Gasteiger charge is 2.17. The van der Waals surface area contributed by atoms with E-state index in [1.54, 1.807) is 0 Å². The molecule has 2 rings (SSSR count). The quantitative estimate of drug-likeness (QED) is 0.809. The van der Waals surface area contributed by atoms with Gasteiger partial charge in [-0.25, -0.2) is 9.50 Å². The van der Waals surface area contributed by atoms with Crippen LogP contribution in [0, 0.1) is 6.92 Å². The van der Waals surface area contributed by atoms with Crippen molar-refractivity contribution < 1.29 is 0 Å². The third-order valence-corrected chi connectivity index (χ3v) is 3.14. The predicted molar refractivity (Wildman–Crippen MR) is 70.9 cm³/mol. The molecule has 0 spiro atoms. The maximum atomic E-state index is 6.20. The van der Waals surface area contributed by atoms with Crippen molar-refractivity contribution in [2.24, 2.45) is 0 Å². The number of hydrogen-bond donors (Lipinski definition) is 0. The lowest BCUT2D eigenvalue weighted by atomic mass is 10.1. The Hall–Kier alpha value is -1.09. The molecule has 0 atom stereocenters. The van der Waals surface area contributed by atoms with Gasteiger partial charge in [-0.15, -0.1) is 0 Å². The molecule has 0 aromatic carbocycles. The van der Waals surface area contributed by atoms with Gasteiger partial charge in [0.05, 0.1) is 11.2 Å². The summed E-state index contributed by atoms with van der Waals surface area (Å²) in [5, 5.41) is 5.17. The Morgan fingerprint density at radius 2 is 1.82 bits per heavy atom. The van der Waals surface area contributed by atoms with Crippen LogP contribution in [-0.2, 0) is 0 Å². The summed E-state index contributed by atoms with van der Waals surface area (Å²) in [5.74, 6) is 1.51. The van der Waals surface area contributed by atoms with Crippen molar-refractivity contribution in [1.29, 1.82) is 0 Å². The molecule has 0 unspecified atom stereocenters. The average Bonchev–Trinajstić information content (AvgIpc) is 2.53. The van der Waals surface area contributed by atoms with Crippen molar-refractivity contribution >= 4 is 17.1 Å². The third kappa shape index (κ3) is 2.04. The van der Waals surface area contributed by atoms with Crippen molar-refractivity contribution in [3.63, 3.8) is 0 Å². The van der Waals surface area contributed by atoms with Gasteiger partial charge in [-0.3, -0.25) is 0 Å². The monoisotopic (exact) mass is 251 g/mol. The van der Waals surface area contributed by atoms with Gasteiger partial charge in [-0.2, -0.15) is 5.10 Å². The Morgan fingerprint density at radius 1 is 1.18 bits per heavy atom. The second kappa shape index (κ2) is 4.30. The van der Waals surface area contributed by atoms with Crippen molar-refractivity contribution in [2.45, 2.75) is 46.5 Å². The van der Waals surface area contributed by atoms with Crippen LogP contribution in [0.1, 0.15) is 56.6 Å². The summed E-state index contributed by atoms with van der Waals surface area (Å²) >= 11 is 6.20. The summed E-state index contributed by atoms with van der Waals surface area (Å²) in [6, 6.07) is 1.95. The topological polar surface area (TPSA) is 30.2 Å². The molecule has 0 radical (unpaired) electrons. The van der Waals surface area contributed by atoms with Crippen molar-refractivity contribution in [3.05, 3.63) is 28.3 Å². The van der Waals surface area contributed by atoms with Crippen molar-refractivity contribution in [3.8, 4) is 0 Å². The first kappa shape index (κ1) is 12.4. The van der Waals surface area contributed by atoms with Gasteiger partial charge in [-0.05, 0) is 24.5 Å². The lowest BCUT2D eigenvalue weighted by Gasteiger charge is -2.12. The molecule has 0 bridgehead atoms. The molecule has 0 aliphatic rings. The maximum Gasteiger partial charge on any atom is 0.152 e. The van der Waals surface area contributed by atoms with E-state index in [0.29, 0.717) is 17.0 Å². The average molecular weight is 252 g/mol. The van der Waals surface area contributed by atoms with Gasteiger partial charge in [0.25, 0.3) is 0 Å². The standard InChI is InChI=1S/C13H18ClN3/c1-7(2)11-12-9(5)6-10(14)17(12)16-13(15-11)8(3)4/h6-8H,1-5H3. The van der Waals surface area contributed by atoms with Crippen LogP contribution in [0.4, 0.5) is 0 Å². The molecule has 3 nitrogen and oxygen atoms in total. The second-order valence-corrected chi connectivity index (χ2v) is 5.46. The zero-order valence-electron chi connectivity index (χ0n) is 11.0. The Kier molecular flexibility index (Phi) is 3.13. The normalized spacial score (nSPS) is 12.0. The predicted octanol–water partition coefficient (Wildman–Crippen LogP) is 3.94. The molecule has 4 heteroatoms. The highest BCUT2D eigenvalue weighted by molar-refractivity contribution is 6.30. The molecule has 0 fully saturated rings.